The van der Waals surface area contributed by atoms with Crippen LogP contribution in [0, 0.1) is 5.92 Å². The lowest BCUT2D eigenvalue weighted by Gasteiger charge is -2.20. The molecule has 0 heterocycles. The number of aliphatic hydroxyl groups excluding tert-OH is 1. The second-order valence-electron chi connectivity index (χ2n) is 17.7. The van der Waals surface area contributed by atoms with Crippen molar-refractivity contribution in [3.8, 4) is 0 Å². The number of carbonyl (C=O) groups excluding carboxylic acids is 3. The van der Waals surface area contributed by atoms with Crippen LogP contribution in [0.1, 0.15) is 213 Å². The zero-order valence-corrected chi connectivity index (χ0v) is 43.4. The molecule has 0 rings (SSSR count). The van der Waals surface area contributed by atoms with Crippen LogP contribution in [0.15, 0.2) is 48.6 Å². The summed E-state index contributed by atoms with van der Waals surface area (Å²) in [7, 11) is -9.72. The van der Waals surface area contributed by atoms with Crippen LogP contribution in [-0.4, -0.2) is 76.1 Å². The predicted octanol–water partition coefficient (Wildman–Crippen LogP) is 13.2. The molecule has 14 nitrogen and oxygen atoms in total. The van der Waals surface area contributed by atoms with Crippen molar-refractivity contribution in [2.75, 3.05) is 26.4 Å². The predicted molar refractivity (Wildman–Crippen MR) is 267 cm³/mol. The molecule has 0 fully saturated rings. The number of phosphoric acid groups is 2. The van der Waals surface area contributed by atoms with Gasteiger partial charge in [0.2, 0.25) is 0 Å². The normalized spacial score (nSPS) is 14.6. The molecule has 0 aromatic heterocycles. The molecule has 0 aromatic carbocycles. The van der Waals surface area contributed by atoms with E-state index in [1.54, 1.807) is 12.2 Å². The number of aliphatic hydroxyl groups is 1. The molecule has 0 radical (unpaired) electrons. The third kappa shape index (κ3) is 48.6. The Morgan fingerprint density at radius 2 is 1.03 bits per heavy atom. The standard InChI is InChI=1S/C51H92O14P2/c1-4-6-32-38-47(52)39-34-29-25-21-17-15-19-22-26-30-35-40-50(54)61-44-49(45-64-67(59,60)63-43-48(53)42-62-66(56,57)58)65-51(55)41-36-31-27-23-18-14-12-10-8-7-9-11-13-16-20-24-28-33-37-46(3)5-2/h15,17,22,25-26,29,34,39,46,48-49,53H,4-14,16,18-21,23-24,27-28,30-33,35-38,40-45H2,1-3H3,(H,59,60)(H2,56,57,58)/b17-15-,26-22-,29-25-,39-34+/t46?,48-,49+/m0/s1. The minimum Gasteiger partial charge on any atom is -0.462 e. The fourth-order valence-corrected chi connectivity index (χ4v) is 8.08. The van der Waals surface area contributed by atoms with E-state index in [2.05, 4.69) is 25.3 Å². The number of hydrogen-bond donors (Lipinski definition) is 4. The molecule has 67 heavy (non-hydrogen) atoms. The first kappa shape index (κ1) is 64.8. The van der Waals surface area contributed by atoms with Crippen molar-refractivity contribution in [1.82, 2.24) is 0 Å². The molecule has 0 amide bonds. The van der Waals surface area contributed by atoms with Crippen LogP contribution in [-0.2, 0) is 46.6 Å². The first-order valence-electron chi connectivity index (χ1n) is 25.7. The number of unbranched alkanes of at least 4 members (excludes halogenated alkanes) is 20. The van der Waals surface area contributed by atoms with Gasteiger partial charge in [-0.2, -0.15) is 0 Å². The maximum atomic E-state index is 12.7. The van der Waals surface area contributed by atoms with Gasteiger partial charge in [-0.3, -0.25) is 28.0 Å². The van der Waals surface area contributed by atoms with E-state index >= 15 is 0 Å². The van der Waals surface area contributed by atoms with E-state index in [4.69, 9.17) is 28.3 Å². The van der Waals surface area contributed by atoms with Gasteiger partial charge in [-0.15, -0.1) is 0 Å². The highest BCUT2D eigenvalue weighted by Crippen LogP contribution is 2.44. The highest BCUT2D eigenvalue weighted by molar-refractivity contribution is 7.47. The summed E-state index contributed by atoms with van der Waals surface area (Å²) in [5.74, 6) is -0.0995. The number of hydrogen-bond acceptors (Lipinski definition) is 11. The molecule has 2 unspecified atom stereocenters. The van der Waals surface area contributed by atoms with Crippen LogP contribution in [0.4, 0.5) is 0 Å². The maximum Gasteiger partial charge on any atom is 0.472 e. The van der Waals surface area contributed by atoms with Gasteiger partial charge < -0.3 is 29.3 Å². The van der Waals surface area contributed by atoms with Crippen LogP contribution in [0.3, 0.4) is 0 Å². The Morgan fingerprint density at radius 1 is 0.537 bits per heavy atom. The zero-order valence-electron chi connectivity index (χ0n) is 41.7. The van der Waals surface area contributed by atoms with Crippen molar-refractivity contribution in [1.29, 1.82) is 0 Å². The second kappa shape index (κ2) is 44.9. The highest BCUT2D eigenvalue weighted by Gasteiger charge is 2.28. The van der Waals surface area contributed by atoms with Crippen molar-refractivity contribution in [2.45, 2.75) is 226 Å². The van der Waals surface area contributed by atoms with Crippen molar-refractivity contribution < 1.29 is 66.3 Å². The van der Waals surface area contributed by atoms with E-state index in [0.29, 0.717) is 25.7 Å². The summed E-state index contributed by atoms with van der Waals surface area (Å²) < 4.78 is 47.9. The summed E-state index contributed by atoms with van der Waals surface area (Å²) in [6, 6.07) is 0. The molecule has 16 heteroatoms. The number of carbonyl (C=O) groups is 3. The summed E-state index contributed by atoms with van der Waals surface area (Å²) in [4.78, 5) is 64.6. The topological polar surface area (TPSA) is 212 Å². The Hall–Kier alpha value is -2.25. The molecule has 0 saturated heterocycles. The van der Waals surface area contributed by atoms with Crippen LogP contribution < -0.4 is 0 Å². The lowest BCUT2D eigenvalue weighted by molar-refractivity contribution is -0.161. The van der Waals surface area contributed by atoms with Crippen LogP contribution in [0.5, 0.6) is 0 Å². The van der Waals surface area contributed by atoms with E-state index < -0.39 is 66.2 Å². The third-order valence-electron chi connectivity index (χ3n) is 11.2. The lowest BCUT2D eigenvalue weighted by Crippen LogP contribution is -2.30. The van der Waals surface area contributed by atoms with E-state index in [1.807, 2.05) is 36.5 Å². The van der Waals surface area contributed by atoms with Crippen LogP contribution in [0.2, 0.25) is 0 Å². The number of allylic oxidation sites excluding steroid dienone is 8. The Labute approximate surface area is 405 Å². The van der Waals surface area contributed by atoms with Gasteiger partial charge in [0.25, 0.3) is 0 Å². The van der Waals surface area contributed by atoms with Crippen LogP contribution >= 0.6 is 15.6 Å². The number of ether oxygens (including phenoxy) is 2. The third-order valence-corrected chi connectivity index (χ3v) is 12.7. The Kier molecular flexibility index (Phi) is 43.4. The molecule has 0 bridgehead atoms. The quantitative estimate of drug-likeness (QED) is 0.0112. The van der Waals surface area contributed by atoms with Crippen molar-refractivity contribution in [3.05, 3.63) is 48.6 Å². The molecular formula is C51H92O14P2. The molecule has 0 aliphatic heterocycles. The molecule has 0 spiro atoms. The molecule has 0 aromatic rings. The minimum absolute atomic E-state index is 0.0936. The largest absolute Gasteiger partial charge is 0.472 e. The average molecular weight is 991 g/mol. The van der Waals surface area contributed by atoms with Gasteiger partial charge >= 0.3 is 27.6 Å². The molecule has 390 valence electrons. The van der Waals surface area contributed by atoms with Gasteiger partial charge in [-0.05, 0) is 50.5 Å². The van der Waals surface area contributed by atoms with Gasteiger partial charge in [0.1, 0.15) is 12.7 Å². The van der Waals surface area contributed by atoms with E-state index in [0.717, 1.165) is 57.3 Å². The number of rotatable bonds is 48. The van der Waals surface area contributed by atoms with E-state index in [-0.39, 0.29) is 18.6 Å². The molecule has 4 atom stereocenters. The SMILES string of the molecule is CCCCCC(=O)/C=C/C=C\C/C=C\C/C=C\CCCC(=O)OC[C@H](COP(=O)(O)OC[C@@H](O)COP(=O)(O)O)OC(=O)CCCCCCCCCCCCCCCCCCCCC(C)CC. The summed E-state index contributed by atoms with van der Waals surface area (Å²) in [5.41, 5.74) is 0. The minimum atomic E-state index is -4.88. The Balaban J connectivity index is 4.49. The number of esters is 2. The lowest BCUT2D eigenvalue weighted by atomic mass is 9.99. The fourth-order valence-electron chi connectivity index (χ4n) is 6.92. The first-order valence-corrected chi connectivity index (χ1v) is 28.7. The highest BCUT2D eigenvalue weighted by atomic mass is 31.2. The second-order valence-corrected chi connectivity index (χ2v) is 20.4. The molecule has 0 aliphatic carbocycles. The van der Waals surface area contributed by atoms with Crippen LogP contribution in [0.25, 0.3) is 0 Å². The molecule has 0 aliphatic rings. The van der Waals surface area contributed by atoms with Gasteiger partial charge in [-0.1, -0.05) is 198 Å². The zero-order chi connectivity index (χ0) is 49.7. The number of phosphoric ester groups is 2. The maximum absolute atomic E-state index is 12.7. The van der Waals surface area contributed by atoms with Gasteiger partial charge in [0, 0.05) is 19.3 Å². The van der Waals surface area contributed by atoms with Gasteiger partial charge in [-0.25, -0.2) is 9.13 Å². The Morgan fingerprint density at radius 3 is 1.60 bits per heavy atom. The van der Waals surface area contributed by atoms with E-state index in [9.17, 15) is 33.5 Å². The molecular weight excluding hydrogens is 898 g/mol. The van der Waals surface area contributed by atoms with Crippen molar-refractivity contribution >= 4 is 33.4 Å². The monoisotopic (exact) mass is 991 g/mol. The summed E-state index contributed by atoms with van der Waals surface area (Å²) in [6.45, 7) is 3.94. The fraction of sp³-hybridized carbons (Fsp3) is 0.784. The summed E-state index contributed by atoms with van der Waals surface area (Å²) in [5, 5.41) is 9.78. The summed E-state index contributed by atoms with van der Waals surface area (Å²) >= 11 is 0. The first-order chi connectivity index (χ1) is 32.2. The van der Waals surface area contributed by atoms with Gasteiger partial charge in [0.05, 0.1) is 19.8 Å². The average Bonchev–Trinajstić information content (AvgIpc) is 3.29. The van der Waals surface area contributed by atoms with Crippen molar-refractivity contribution in [2.24, 2.45) is 5.92 Å². The van der Waals surface area contributed by atoms with Gasteiger partial charge in [0.15, 0.2) is 11.9 Å². The Bertz CT molecular complexity index is 1440. The smallest absolute Gasteiger partial charge is 0.462 e. The van der Waals surface area contributed by atoms with E-state index in [1.165, 1.54) is 103 Å². The summed E-state index contributed by atoms with van der Waals surface area (Å²) in [6.07, 6.45) is 43.7. The molecule has 0 saturated carbocycles. The number of ketones is 1. The van der Waals surface area contributed by atoms with Crippen molar-refractivity contribution in [3.63, 3.8) is 0 Å². The molecule has 4 N–H and O–H groups in total.